The van der Waals surface area contributed by atoms with Crippen LogP contribution in [0, 0.1) is 5.82 Å². The van der Waals surface area contributed by atoms with Gasteiger partial charge in [0, 0.05) is 35.3 Å². The summed E-state index contributed by atoms with van der Waals surface area (Å²) < 4.78 is 14.5. The third-order valence-corrected chi connectivity index (χ3v) is 5.84. The minimum Gasteiger partial charge on any atom is -0.336 e. The van der Waals surface area contributed by atoms with E-state index < -0.39 is 0 Å². The van der Waals surface area contributed by atoms with Crippen molar-refractivity contribution in [3.63, 3.8) is 0 Å². The van der Waals surface area contributed by atoms with Crippen LogP contribution in [0.1, 0.15) is 13.3 Å². The molecule has 10 heteroatoms. The minimum atomic E-state index is -0.367. The topological polar surface area (TPSA) is 125 Å². The number of nitrogens with one attached hydrogen (secondary N) is 3. The van der Waals surface area contributed by atoms with Crippen molar-refractivity contribution < 1.29 is 9.18 Å². The van der Waals surface area contributed by atoms with Crippen molar-refractivity contribution in [3.05, 3.63) is 73.1 Å². The van der Waals surface area contributed by atoms with Gasteiger partial charge in [0.1, 0.15) is 22.7 Å². The fraction of sp³-hybridized carbons (Fsp3) is 0.0769. The Labute approximate surface area is 203 Å². The summed E-state index contributed by atoms with van der Waals surface area (Å²) in [7, 11) is 0. The number of carbonyl (C=O) groups is 1. The molecule has 3 N–H and O–H groups in total. The van der Waals surface area contributed by atoms with Gasteiger partial charge in [0.15, 0.2) is 5.82 Å². The predicted octanol–water partition coefficient (Wildman–Crippen LogP) is 5.11. The Kier molecular flexibility index (Phi) is 5.18. The number of imidazole rings is 1. The number of halogens is 1. The van der Waals surface area contributed by atoms with Crippen LogP contribution in [0.5, 0.6) is 0 Å². The molecule has 0 aliphatic rings. The highest BCUT2D eigenvalue weighted by molar-refractivity contribution is 5.97. The van der Waals surface area contributed by atoms with Crippen molar-refractivity contribution >= 4 is 33.5 Å². The predicted molar refractivity (Wildman–Crippen MR) is 134 cm³/mol. The summed E-state index contributed by atoms with van der Waals surface area (Å²) in [6.07, 6.45) is 6.96. The third-order valence-electron chi connectivity index (χ3n) is 5.84. The number of nitrogens with zero attached hydrogens (tertiary/aromatic N) is 5. The molecule has 5 aromatic heterocycles. The smallest absolute Gasteiger partial charge is 0.224 e. The highest BCUT2D eigenvalue weighted by atomic mass is 19.1. The molecule has 0 atom stereocenters. The molecule has 0 radical (unpaired) electrons. The van der Waals surface area contributed by atoms with Gasteiger partial charge in [-0.2, -0.15) is 5.10 Å². The molecule has 6 aromatic rings. The van der Waals surface area contributed by atoms with Gasteiger partial charge in [-0.3, -0.25) is 24.8 Å². The summed E-state index contributed by atoms with van der Waals surface area (Å²) in [4.78, 5) is 32.9. The van der Waals surface area contributed by atoms with E-state index in [9.17, 15) is 9.18 Å². The van der Waals surface area contributed by atoms with E-state index in [-0.39, 0.29) is 11.7 Å². The first-order valence-electron chi connectivity index (χ1n) is 11.3. The van der Waals surface area contributed by atoms with Crippen LogP contribution in [0.4, 0.5) is 10.1 Å². The maximum atomic E-state index is 14.5. The van der Waals surface area contributed by atoms with Gasteiger partial charge >= 0.3 is 0 Å². The highest BCUT2D eigenvalue weighted by Gasteiger charge is 2.18. The lowest BCUT2D eigenvalue weighted by Gasteiger charge is -2.06. The van der Waals surface area contributed by atoms with E-state index in [1.54, 1.807) is 56.0 Å². The van der Waals surface area contributed by atoms with E-state index >= 15 is 0 Å². The number of hydrogen-bond donors (Lipinski definition) is 3. The number of carbonyl (C=O) groups excluding carboxylic acids is 1. The Morgan fingerprint density at radius 1 is 1.03 bits per heavy atom. The zero-order chi connectivity index (χ0) is 24.6. The van der Waals surface area contributed by atoms with Crippen LogP contribution < -0.4 is 5.32 Å². The first-order valence-corrected chi connectivity index (χ1v) is 11.3. The quantitative estimate of drug-likeness (QED) is 0.316. The molecule has 0 saturated heterocycles. The Morgan fingerprint density at radius 3 is 2.78 bits per heavy atom. The number of benzene rings is 1. The van der Waals surface area contributed by atoms with Gasteiger partial charge in [0.05, 0.1) is 34.8 Å². The molecule has 0 aliphatic carbocycles. The second-order valence-electron chi connectivity index (χ2n) is 8.17. The largest absolute Gasteiger partial charge is 0.336 e. The summed E-state index contributed by atoms with van der Waals surface area (Å²) in [5.41, 5.74) is 5.41. The standard InChI is InChI=1S/C26H19FN8O/c1-2-22(36)31-15-9-14(11-28-12-15)20-10-17-21(13-30-20)34-35-24(17)26-32-19-7-8-29-23(25(19)33-26)16-5-3-4-6-18(16)27/h3-13H,2H2,1H3,(H,31,36)(H,32,33)(H,34,35). The molecule has 0 fully saturated rings. The molecule has 0 saturated carbocycles. The number of aromatic amines is 2. The van der Waals surface area contributed by atoms with E-state index in [2.05, 4.69) is 35.5 Å². The lowest BCUT2D eigenvalue weighted by molar-refractivity contribution is -0.115. The number of aromatic nitrogens is 7. The third kappa shape index (κ3) is 3.74. The number of hydrogen-bond acceptors (Lipinski definition) is 6. The van der Waals surface area contributed by atoms with Crippen LogP contribution in [0.15, 0.2) is 67.3 Å². The van der Waals surface area contributed by atoms with Crippen LogP contribution in [0.25, 0.3) is 56.0 Å². The average Bonchev–Trinajstić information content (AvgIpc) is 3.52. The van der Waals surface area contributed by atoms with Crippen molar-refractivity contribution in [1.82, 2.24) is 35.1 Å². The van der Waals surface area contributed by atoms with Crippen molar-refractivity contribution in [3.8, 4) is 34.0 Å². The molecule has 0 bridgehead atoms. The van der Waals surface area contributed by atoms with Gasteiger partial charge < -0.3 is 10.3 Å². The van der Waals surface area contributed by atoms with Gasteiger partial charge in [-0.15, -0.1) is 0 Å². The summed E-state index contributed by atoms with van der Waals surface area (Å²) in [5, 5.41) is 11.1. The number of amides is 1. The summed E-state index contributed by atoms with van der Waals surface area (Å²) >= 11 is 0. The van der Waals surface area contributed by atoms with Gasteiger partial charge in [-0.25, -0.2) is 9.37 Å². The SMILES string of the molecule is CCC(=O)Nc1cncc(-c2cc3c(-c4nc5c(-c6ccccc6F)nccc5[nH]4)n[nH]c3cn2)c1. The van der Waals surface area contributed by atoms with Crippen LogP contribution in [0.2, 0.25) is 0 Å². The zero-order valence-corrected chi connectivity index (χ0v) is 19.1. The molecule has 6 rings (SSSR count). The van der Waals surface area contributed by atoms with Crippen LogP contribution in [-0.4, -0.2) is 41.0 Å². The van der Waals surface area contributed by atoms with Crippen LogP contribution in [0.3, 0.4) is 0 Å². The average molecular weight is 478 g/mol. The summed E-state index contributed by atoms with van der Waals surface area (Å²) in [5.74, 6) is 0.0543. The Morgan fingerprint density at radius 2 is 1.92 bits per heavy atom. The first-order chi connectivity index (χ1) is 17.6. The lowest BCUT2D eigenvalue weighted by Crippen LogP contribution is -2.09. The molecule has 1 amide bonds. The molecule has 9 nitrogen and oxygen atoms in total. The zero-order valence-electron chi connectivity index (χ0n) is 19.1. The second kappa shape index (κ2) is 8.66. The van der Waals surface area contributed by atoms with Crippen molar-refractivity contribution in [2.24, 2.45) is 0 Å². The van der Waals surface area contributed by atoms with Crippen LogP contribution >= 0.6 is 0 Å². The molecule has 5 heterocycles. The van der Waals surface area contributed by atoms with Gasteiger partial charge in [0.25, 0.3) is 0 Å². The summed E-state index contributed by atoms with van der Waals surface area (Å²) in [6, 6.07) is 12.0. The van der Waals surface area contributed by atoms with Crippen LogP contribution in [-0.2, 0) is 4.79 Å². The van der Waals surface area contributed by atoms with E-state index in [4.69, 9.17) is 4.98 Å². The minimum absolute atomic E-state index is 0.0939. The van der Waals surface area contributed by atoms with E-state index in [0.29, 0.717) is 51.6 Å². The number of H-pyrrole nitrogens is 2. The van der Waals surface area contributed by atoms with E-state index in [1.807, 2.05) is 12.1 Å². The molecule has 176 valence electrons. The van der Waals surface area contributed by atoms with E-state index in [1.165, 1.54) is 6.07 Å². The molecular formula is C26H19FN8O. The Balaban J connectivity index is 1.44. The fourth-order valence-corrected chi connectivity index (χ4v) is 4.05. The maximum Gasteiger partial charge on any atom is 0.224 e. The summed E-state index contributed by atoms with van der Waals surface area (Å²) in [6.45, 7) is 1.79. The highest BCUT2D eigenvalue weighted by Crippen LogP contribution is 2.32. The van der Waals surface area contributed by atoms with Gasteiger partial charge in [-0.1, -0.05) is 19.1 Å². The van der Waals surface area contributed by atoms with Crippen molar-refractivity contribution in [1.29, 1.82) is 0 Å². The maximum absolute atomic E-state index is 14.5. The first kappa shape index (κ1) is 21.5. The van der Waals surface area contributed by atoms with Crippen molar-refractivity contribution in [2.45, 2.75) is 13.3 Å². The second-order valence-corrected chi connectivity index (χ2v) is 8.17. The molecule has 36 heavy (non-hydrogen) atoms. The number of anilines is 1. The Hall–Kier alpha value is -4.99. The Bertz CT molecular complexity index is 1760. The lowest BCUT2D eigenvalue weighted by atomic mass is 10.1. The molecule has 0 spiro atoms. The number of rotatable bonds is 5. The number of pyridine rings is 3. The number of fused-ring (bicyclic) bond motifs is 2. The van der Waals surface area contributed by atoms with Crippen molar-refractivity contribution in [2.75, 3.05) is 5.32 Å². The normalized spacial score (nSPS) is 11.3. The van der Waals surface area contributed by atoms with Gasteiger partial charge in [-0.05, 0) is 30.3 Å². The molecular weight excluding hydrogens is 459 g/mol. The van der Waals surface area contributed by atoms with E-state index in [0.717, 1.165) is 16.5 Å². The molecule has 0 unspecified atom stereocenters. The fourth-order valence-electron chi connectivity index (χ4n) is 4.05. The molecule has 0 aliphatic heterocycles. The molecule has 1 aromatic carbocycles. The van der Waals surface area contributed by atoms with Gasteiger partial charge in [0.2, 0.25) is 5.91 Å². The monoisotopic (exact) mass is 478 g/mol.